The second kappa shape index (κ2) is 50.0. The van der Waals surface area contributed by atoms with Crippen molar-refractivity contribution in [3.8, 4) is 0 Å². The van der Waals surface area contributed by atoms with E-state index in [0.717, 1.165) is 285 Å². The zero-order valence-corrected chi connectivity index (χ0v) is 94.3. The molecule has 0 saturated carbocycles. The van der Waals surface area contributed by atoms with Crippen LogP contribution in [0.2, 0.25) is 15.7 Å². The van der Waals surface area contributed by atoms with Gasteiger partial charge in [0.1, 0.15) is 45.8 Å². The predicted molar refractivity (Wildman–Crippen MR) is 596 cm³/mol. The van der Waals surface area contributed by atoms with Crippen LogP contribution in [0.15, 0.2) is 72.8 Å². The van der Waals surface area contributed by atoms with E-state index < -0.39 is 19.9 Å². The summed E-state index contributed by atoms with van der Waals surface area (Å²) in [6, 6.07) is 25.0. The summed E-state index contributed by atoms with van der Waals surface area (Å²) >= 11 is 18.0. The number of hydrogen-bond acceptors (Lipinski definition) is 25. The molecule has 0 amide bonds. The molecule has 6 fully saturated rings. The zero-order valence-electron chi connectivity index (χ0n) is 76.6. The first-order chi connectivity index (χ1) is 64.4. The molecular weight excluding hydrogens is 2050 g/mol. The summed E-state index contributed by atoms with van der Waals surface area (Å²) in [4.78, 5) is 54.2. The molecular formula is C88H128Cl3N22O7P13S2. The van der Waals surface area contributed by atoms with E-state index in [9.17, 15) is 16.8 Å². The summed E-state index contributed by atoms with van der Waals surface area (Å²) in [6.45, 7) is 19.7. The number of halogens is 3. The molecule has 0 bridgehead atoms. The minimum Gasteiger partial charge on any atom is -0.378 e. The Balaban J connectivity index is 0.000000141. The van der Waals surface area contributed by atoms with E-state index in [4.69, 9.17) is 89.2 Å². The van der Waals surface area contributed by atoms with E-state index >= 15 is 0 Å². The number of hydrogen-bond donors (Lipinski definition) is 2. The van der Waals surface area contributed by atoms with Crippen LogP contribution in [0.3, 0.4) is 0 Å². The first-order valence-corrected chi connectivity index (χ1v) is 72.7. The lowest BCUT2D eigenvalue weighted by Gasteiger charge is -2.36. The number of piperidine rings is 3. The summed E-state index contributed by atoms with van der Waals surface area (Å²) < 4.78 is 66.5. The number of fused-ring (bicyclic) bond motifs is 9. The van der Waals surface area contributed by atoms with Gasteiger partial charge in [0.15, 0.2) is 26.8 Å². The number of rotatable bonds is 13. The smallest absolute Gasteiger partial charge is 0.224 e. The van der Waals surface area contributed by atoms with Crippen molar-refractivity contribution in [1.82, 2.24) is 79.0 Å². The predicted octanol–water partition coefficient (Wildman–Crippen LogP) is 20.7. The van der Waals surface area contributed by atoms with Crippen molar-refractivity contribution in [3.05, 3.63) is 162 Å². The quantitative estimate of drug-likeness (QED) is 0.0615. The van der Waals surface area contributed by atoms with Crippen LogP contribution in [0.1, 0.15) is 195 Å². The van der Waals surface area contributed by atoms with Gasteiger partial charge in [-0.15, -0.1) is 71.4 Å². The van der Waals surface area contributed by atoms with E-state index in [1.807, 2.05) is 49.4 Å². The SMILES string of the molecule is C.CS(N)(=O)=O.Cc1cccc2nc(CS(C)(=O)=O)nc(N3CCCCC3c3cc4nc5c(c(N6CCOCC6)n4n3)CCCC5)c12.Cc1cccc2nc(Cl)nc(Cl)c12.Cc1cccc2nc(Cl)nc(N3CCCCC3c3cc4nc5c(c(N6CCOCC6)n4n3)CCCC5)c12.PP(P)P(P)P.PPP(P)P(P)P.c1c(C2CCCCN2)nn2c(N3CCOCC3)c3c(nc12)CCCC3. The van der Waals surface area contributed by atoms with E-state index in [0.29, 0.717) is 17.0 Å². The molecule has 3 N–H and O–H groups in total. The maximum absolute atomic E-state index is 12.2. The largest absolute Gasteiger partial charge is 0.378 e. The van der Waals surface area contributed by atoms with Gasteiger partial charge in [-0.3, -0.25) is 0 Å². The van der Waals surface area contributed by atoms with Gasteiger partial charge in [0, 0.05) is 127 Å². The topological polar surface area (TPSA) is 318 Å². The summed E-state index contributed by atoms with van der Waals surface area (Å²) in [5.41, 5.74) is 19.7. The molecule has 9 aromatic heterocycles. The Hall–Kier alpha value is -3.30. The molecule has 730 valence electrons. The molecule has 0 radical (unpaired) electrons. The van der Waals surface area contributed by atoms with E-state index in [1.54, 1.807) is 0 Å². The maximum atomic E-state index is 12.2. The van der Waals surface area contributed by atoms with Crippen molar-refractivity contribution in [2.75, 3.05) is 136 Å². The van der Waals surface area contributed by atoms with Gasteiger partial charge in [0.25, 0.3) is 0 Å². The van der Waals surface area contributed by atoms with Crippen LogP contribution in [0.4, 0.5) is 29.1 Å². The highest BCUT2D eigenvalue weighted by Gasteiger charge is 2.37. The van der Waals surface area contributed by atoms with Gasteiger partial charge in [0.2, 0.25) is 20.6 Å². The Morgan fingerprint density at radius 1 is 0.452 bits per heavy atom. The van der Waals surface area contributed by atoms with Crippen molar-refractivity contribution in [1.29, 1.82) is 0 Å². The average Bonchev–Trinajstić information content (AvgIpc) is 1.64. The van der Waals surface area contributed by atoms with Crippen LogP contribution in [0.5, 0.6) is 0 Å². The van der Waals surface area contributed by atoms with Gasteiger partial charge < -0.3 is 44.0 Å². The van der Waals surface area contributed by atoms with Gasteiger partial charge in [0.05, 0.1) is 97.7 Å². The zero-order chi connectivity index (χ0) is 94.6. The molecule has 6 aliphatic heterocycles. The fourth-order valence-corrected chi connectivity index (χ4v) is 36.5. The molecule has 0 spiro atoms. The summed E-state index contributed by atoms with van der Waals surface area (Å²) in [6.07, 6.45) is 25.9. The highest BCUT2D eigenvalue weighted by atomic mass is 35.5. The average molecular weight is 2180 g/mol. The van der Waals surface area contributed by atoms with Crippen molar-refractivity contribution in [2.45, 2.75) is 187 Å². The van der Waals surface area contributed by atoms with Crippen molar-refractivity contribution < 1.29 is 31.0 Å². The summed E-state index contributed by atoms with van der Waals surface area (Å²) in [5.74, 6) is 5.55. The molecule has 13 unspecified atom stereocenters. The Labute approximate surface area is 833 Å². The highest BCUT2D eigenvalue weighted by Crippen LogP contribution is 2.92. The highest BCUT2D eigenvalue weighted by molar-refractivity contribution is 8.98. The standard InChI is InChI=1S/C30H37N7O3S.C28H32ClN7O.C19H27N5O.C9H6Cl2N2.CH5NO2S.CH4.H9P7.H8P6/c1-20-8-7-11-23-28(20)29(33-26(31-23)19-41(2,38)39)36-13-6-5-12-25(36)24-18-27-32-22-10-4-3-9-21(22)30(37(27)34-24)35-14-16-40-17-15-35;1-18-7-6-10-21-25(18)26(32-28(29)31-21)35-12-5-4-11-23(35)22-17-24-30-20-9-3-2-8-19(20)27(36(24)33-22)34-13-15-37-16-14-34;1-2-6-15-14(5-1)19(23-9-11-25-12-10-23)24-18(21-15)13-17(22-24)16-7-3-4-8-20-16;1-5-3-2-4-6-7(5)8(10)13-9(11)12-6;1-5(2,3)4;;1-5-7(4)6(2)3;1-5(2)6(3)4/h7-8,11,18,25H,3-6,9-10,12-17,19H2,1-2H3;6-7,10,17,23H,2-5,8-9,11-16H2,1H3;13,16,20H,1-12H2;2-4H,1H3;1H3,(H2,2,3,4);1H4;5H,1-4H2;1-4H2. The Kier molecular flexibility index (Phi) is 39.8. The Morgan fingerprint density at radius 2 is 0.822 bits per heavy atom. The lowest BCUT2D eigenvalue weighted by molar-refractivity contribution is 0.122. The van der Waals surface area contributed by atoms with Crippen molar-refractivity contribution in [2.24, 2.45) is 5.14 Å². The fourth-order valence-electron chi connectivity index (χ4n) is 19.1. The van der Waals surface area contributed by atoms with Crippen LogP contribution in [-0.2, 0) is 78.3 Å². The number of aromatic nitrogens is 15. The number of benzene rings is 3. The third-order valence-electron chi connectivity index (χ3n) is 25.2. The van der Waals surface area contributed by atoms with Crippen LogP contribution < -0.4 is 35.0 Å². The number of primary sulfonamides is 1. The minimum atomic E-state index is -3.29. The number of nitrogens with two attached hydrogens (primary N) is 1. The van der Waals surface area contributed by atoms with Crippen molar-refractivity contribution in [3.63, 3.8) is 0 Å². The van der Waals surface area contributed by atoms with Gasteiger partial charge >= 0.3 is 0 Å². The molecule has 47 heteroatoms. The first-order valence-electron chi connectivity index (χ1n) is 45.7. The Bertz CT molecular complexity index is 6350. The number of ether oxygens (including phenoxy) is 3. The molecule has 29 nitrogen and oxygen atoms in total. The molecule has 135 heavy (non-hydrogen) atoms. The minimum absolute atomic E-state index is 0. The second-order valence-electron chi connectivity index (χ2n) is 34.9. The number of nitrogens with zero attached hydrogens (tertiary/aromatic N) is 20. The summed E-state index contributed by atoms with van der Waals surface area (Å²) in [7, 11) is 17.1. The monoisotopic (exact) mass is 2180 g/mol. The summed E-state index contributed by atoms with van der Waals surface area (Å²) in [5, 5.41) is 27.3. The normalized spacial score (nSPS) is 19.1. The van der Waals surface area contributed by atoms with Gasteiger partial charge in [-0.2, -0.15) is 33.8 Å². The molecule has 21 rings (SSSR count). The second-order valence-corrected chi connectivity index (χ2v) is 81.7. The molecule has 9 aliphatic rings. The lowest BCUT2D eigenvalue weighted by atomic mass is 9.96. The van der Waals surface area contributed by atoms with Crippen LogP contribution in [0.25, 0.3) is 49.7 Å². The number of nitrogens with one attached hydrogen (secondary N) is 1. The van der Waals surface area contributed by atoms with Crippen LogP contribution >= 0.6 is 142 Å². The third kappa shape index (κ3) is 27.5. The number of anilines is 5. The molecule has 3 aromatic carbocycles. The lowest BCUT2D eigenvalue weighted by Crippen LogP contribution is -2.39. The van der Waals surface area contributed by atoms with Crippen molar-refractivity contribution >= 4 is 241 Å². The molecule has 15 heterocycles. The number of aryl methyl sites for hydroxylation is 6. The third-order valence-corrected chi connectivity index (χ3v) is 78.4. The number of morpholine rings is 3. The van der Waals surface area contributed by atoms with E-state index in [1.165, 1.54) is 115 Å². The van der Waals surface area contributed by atoms with Gasteiger partial charge in [-0.25, -0.2) is 61.8 Å². The number of sulfone groups is 1. The molecule has 6 saturated heterocycles. The maximum Gasteiger partial charge on any atom is 0.224 e. The molecule has 12 aromatic rings. The van der Waals surface area contributed by atoms with E-state index in [2.05, 4.69) is 184 Å². The van der Waals surface area contributed by atoms with Crippen LogP contribution in [0, 0.1) is 20.8 Å². The number of sulfonamides is 1. The van der Waals surface area contributed by atoms with E-state index in [-0.39, 0.29) is 63.8 Å². The Morgan fingerprint density at radius 3 is 1.21 bits per heavy atom. The first kappa shape index (κ1) is 107. The fraction of sp³-hybridized carbons (Fsp3) is 0.523. The van der Waals surface area contributed by atoms with Gasteiger partial charge in [-0.05, 0) is 242 Å². The molecule has 13 atom stereocenters. The van der Waals surface area contributed by atoms with Gasteiger partial charge in [-0.1, -0.05) is 69.8 Å². The van der Waals surface area contributed by atoms with Crippen LogP contribution in [-0.4, -0.2) is 202 Å². The molecule has 3 aliphatic carbocycles.